The molecule has 3 aromatic rings. The third-order valence-corrected chi connectivity index (χ3v) is 9.69. The Bertz CT molecular complexity index is 1750. The van der Waals surface area contributed by atoms with Crippen molar-refractivity contribution in [2.45, 2.75) is 70.9 Å². The molecule has 1 aliphatic heterocycles. The number of rotatable bonds is 6. The lowest BCUT2D eigenvalue weighted by atomic mass is 9.57. The van der Waals surface area contributed by atoms with Crippen LogP contribution in [0.3, 0.4) is 0 Å². The van der Waals surface area contributed by atoms with Crippen LogP contribution in [0.5, 0.6) is 5.75 Å². The van der Waals surface area contributed by atoms with E-state index in [-0.39, 0.29) is 11.5 Å². The van der Waals surface area contributed by atoms with Gasteiger partial charge < -0.3 is 24.4 Å². The van der Waals surface area contributed by atoms with Crippen LogP contribution in [0, 0.1) is 12.3 Å². The van der Waals surface area contributed by atoms with Crippen LogP contribution in [0.2, 0.25) is 0 Å². The fraction of sp³-hybridized carbons (Fsp3) is 0.457. The number of hydrogen-bond donors (Lipinski definition) is 1. The minimum atomic E-state index is -4.94. The summed E-state index contributed by atoms with van der Waals surface area (Å²) in [6.45, 7) is 9.52. The normalized spacial score (nSPS) is 23.0. The minimum Gasteiger partial charge on any atom is -0.459 e. The fourth-order valence-electron chi connectivity index (χ4n) is 7.00. The molecule has 1 N–H and O–H groups in total. The minimum absolute atomic E-state index is 0.158. The van der Waals surface area contributed by atoms with Crippen molar-refractivity contribution in [2.75, 3.05) is 31.2 Å². The number of fused-ring (bicyclic) bond motifs is 3. The summed E-state index contributed by atoms with van der Waals surface area (Å²) in [4.78, 5) is 35.3. The number of nitrogens with one attached hydrogen (secondary N) is 1. The number of aromatic nitrogens is 1. The molecule has 0 atom stereocenters. The number of ether oxygens (including phenoxy) is 3. The molecule has 47 heavy (non-hydrogen) atoms. The Morgan fingerprint density at radius 3 is 2.36 bits per heavy atom. The molecule has 0 unspecified atom stereocenters. The number of carbonyl (C=O) groups excluding carboxylic acids is 2. The summed E-state index contributed by atoms with van der Waals surface area (Å²) in [7, 11) is 0. The zero-order chi connectivity index (χ0) is 33.8. The van der Waals surface area contributed by atoms with Crippen LogP contribution in [0.25, 0.3) is 16.5 Å². The maximum Gasteiger partial charge on any atom is 0.573 e. The summed E-state index contributed by atoms with van der Waals surface area (Å²) in [5.41, 5.74) is -0.589. The Morgan fingerprint density at radius 2 is 1.70 bits per heavy atom. The second kappa shape index (κ2) is 12.1. The van der Waals surface area contributed by atoms with E-state index in [0.29, 0.717) is 85.4 Å². The molecule has 1 saturated heterocycles. The Kier molecular flexibility index (Phi) is 8.57. The van der Waals surface area contributed by atoms with Crippen LogP contribution in [-0.4, -0.2) is 60.7 Å². The van der Waals surface area contributed by atoms with Crippen LogP contribution >= 0.6 is 15.9 Å². The van der Waals surface area contributed by atoms with Crippen molar-refractivity contribution in [3.63, 3.8) is 0 Å². The molecule has 7 rings (SSSR count). The number of amides is 1. The first-order chi connectivity index (χ1) is 22.1. The summed E-state index contributed by atoms with van der Waals surface area (Å²) < 4.78 is 57.4. The van der Waals surface area contributed by atoms with Crippen LogP contribution in [-0.2, 0) is 14.3 Å². The first kappa shape index (κ1) is 33.3. The Hall–Kier alpha value is -3.64. The first-order valence-electron chi connectivity index (χ1n) is 15.7. The van der Waals surface area contributed by atoms with E-state index >= 15 is 0 Å². The van der Waals surface area contributed by atoms with Crippen molar-refractivity contribution >= 4 is 50.1 Å². The number of morpholine rings is 1. The first-order valence-corrected chi connectivity index (χ1v) is 16.5. The smallest absolute Gasteiger partial charge is 0.459 e. The van der Waals surface area contributed by atoms with Crippen molar-refractivity contribution in [1.29, 1.82) is 0 Å². The SMILES string of the molecule is Cc1c(N2CCOCC2)nc2ccc(Br)cc2c1C(=O)NC12CCC(C(=O)OC(C)(C)C)(C=C1c1ccccc1OC(F)(F)F)CC2. The summed E-state index contributed by atoms with van der Waals surface area (Å²) in [6.07, 6.45) is -1.90. The zero-order valence-electron chi connectivity index (χ0n) is 26.7. The number of carbonyl (C=O) groups is 2. The number of alkyl halides is 3. The van der Waals surface area contributed by atoms with E-state index in [2.05, 4.69) is 30.9 Å². The van der Waals surface area contributed by atoms with Crippen LogP contribution in [0.1, 0.15) is 67.9 Å². The second-order valence-corrected chi connectivity index (χ2v) is 14.4. The molecule has 0 radical (unpaired) electrons. The average molecular weight is 717 g/mol. The summed E-state index contributed by atoms with van der Waals surface area (Å²) in [6, 6.07) is 11.4. The van der Waals surface area contributed by atoms with E-state index in [9.17, 15) is 22.8 Å². The van der Waals surface area contributed by atoms with Gasteiger partial charge in [0, 0.05) is 34.1 Å². The van der Waals surface area contributed by atoms with E-state index < -0.39 is 34.6 Å². The monoisotopic (exact) mass is 715 g/mol. The molecule has 1 amide bonds. The maximum atomic E-state index is 14.6. The van der Waals surface area contributed by atoms with Crippen LogP contribution < -0.4 is 15.0 Å². The van der Waals surface area contributed by atoms with Crippen molar-refractivity contribution in [2.24, 2.45) is 5.41 Å². The summed E-state index contributed by atoms with van der Waals surface area (Å²) in [5.74, 6) is -0.542. The number of esters is 1. The fourth-order valence-corrected chi connectivity index (χ4v) is 7.36. The Morgan fingerprint density at radius 1 is 1.02 bits per heavy atom. The van der Waals surface area contributed by atoms with Gasteiger partial charge in [-0.05, 0) is 83.2 Å². The highest BCUT2D eigenvalue weighted by Crippen LogP contribution is 2.56. The molecule has 12 heteroatoms. The number of pyridine rings is 1. The summed E-state index contributed by atoms with van der Waals surface area (Å²) in [5, 5.41) is 3.92. The zero-order valence-corrected chi connectivity index (χ0v) is 28.3. The highest BCUT2D eigenvalue weighted by Gasteiger charge is 2.55. The highest BCUT2D eigenvalue weighted by molar-refractivity contribution is 9.10. The van der Waals surface area contributed by atoms with E-state index in [0.717, 1.165) is 4.47 Å². The van der Waals surface area contributed by atoms with Gasteiger partial charge in [-0.1, -0.05) is 40.2 Å². The van der Waals surface area contributed by atoms with Crippen molar-refractivity contribution < 1.29 is 37.0 Å². The van der Waals surface area contributed by atoms with E-state index in [1.807, 2.05) is 25.1 Å². The summed E-state index contributed by atoms with van der Waals surface area (Å²) >= 11 is 3.53. The van der Waals surface area contributed by atoms with Gasteiger partial charge in [0.1, 0.15) is 17.2 Å². The van der Waals surface area contributed by atoms with Crippen molar-refractivity contribution in [3.8, 4) is 5.75 Å². The lowest BCUT2D eigenvalue weighted by molar-refractivity contribution is -0.274. The number of anilines is 1. The Balaban J connectivity index is 1.48. The molecule has 4 aliphatic rings. The lowest BCUT2D eigenvalue weighted by Gasteiger charge is -2.52. The number of nitrogens with zero attached hydrogens (tertiary/aromatic N) is 2. The molecular formula is C35H37BrF3N3O5. The van der Waals surface area contributed by atoms with Gasteiger partial charge in [-0.15, -0.1) is 13.2 Å². The average Bonchev–Trinajstić information content (AvgIpc) is 3.00. The van der Waals surface area contributed by atoms with Gasteiger partial charge in [0.2, 0.25) is 0 Å². The molecule has 2 heterocycles. The van der Waals surface area contributed by atoms with Gasteiger partial charge in [0.15, 0.2) is 0 Å². The molecule has 0 spiro atoms. The van der Waals surface area contributed by atoms with Gasteiger partial charge in [-0.2, -0.15) is 0 Å². The maximum absolute atomic E-state index is 14.6. The molecule has 2 aromatic carbocycles. The van der Waals surface area contributed by atoms with Gasteiger partial charge >= 0.3 is 12.3 Å². The molecule has 250 valence electrons. The molecule has 2 bridgehead atoms. The van der Waals surface area contributed by atoms with Gasteiger partial charge in [0.25, 0.3) is 5.91 Å². The Labute approximate surface area is 279 Å². The van der Waals surface area contributed by atoms with E-state index in [4.69, 9.17) is 14.5 Å². The standard InChI is InChI=1S/C35H37BrF3N3O5/c1-21-28(24-19-22(36)9-10-26(24)40-29(21)42-15-17-45-18-16-42)30(43)41-34-13-11-33(12-14-34,31(44)47-32(2,3)4)20-25(34)23-7-5-6-8-27(23)46-35(37,38)39/h5-10,19-20H,11-18H2,1-4H3,(H,41,43). The number of benzene rings is 2. The number of halogens is 4. The molecule has 8 nitrogen and oxygen atoms in total. The third-order valence-electron chi connectivity index (χ3n) is 9.20. The number of para-hydroxylation sites is 1. The molecule has 2 fully saturated rings. The predicted molar refractivity (Wildman–Crippen MR) is 175 cm³/mol. The largest absolute Gasteiger partial charge is 0.573 e. The molecule has 3 aliphatic carbocycles. The van der Waals surface area contributed by atoms with E-state index in [1.165, 1.54) is 18.2 Å². The van der Waals surface area contributed by atoms with E-state index in [1.54, 1.807) is 32.9 Å². The molecule has 1 saturated carbocycles. The van der Waals surface area contributed by atoms with Crippen LogP contribution in [0.15, 0.2) is 53.0 Å². The predicted octanol–water partition coefficient (Wildman–Crippen LogP) is 7.51. The quantitative estimate of drug-likeness (QED) is 0.264. The van der Waals surface area contributed by atoms with Gasteiger partial charge in [-0.25, -0.2) is 4.98 Å². The second-order valence-electron chi connectivity index (χ2n) is 13.5. The molecular weight excluding hydrogens is 679 g/mol. The lowest BCUT2D eigenvalue weighted by Crippen LogP contribution is -2.58. The third kappa shape index (κ3) is 6.59. The van der Waals surface area contributed by atoms with Crippen molar-refractivity contribution in [1.82, 2.24) is 10.3 Å². The van der Waals surface area contributed by atoms with Crippen molar-refractivity contribution in [3.05, 3.63) is 69.7 Å². The number of hydrogen-bond acceptors (Lipinski definition) is 7. The van der Waals surface area contributed by atoms with Gasteiger partial charge in [-0.3, -0.25) is 9.59 Å². The topological polar surface area (TPSA) is 90.0 Å². The highest BCUT2D eigenvalue weighted by atomic mass is 79.9. The van der Waals surface area contributed by atoms with Gasteiger partial charge in [0.05, 0.1) is 35.2 Å². The molecule has 1 aromatic heterocycles. The van der Waals surface area contributed by atoms with Crippen LogP contribution in [0.4, 0.5) is 19.0 Å².